The van der Waals surface area contributed by atoms with Crippen LogP contribution in [0, 0.1) is 0 Å². The van der Waals surface area contributed by atoms with Crippen LogP contribution in [-0.4, -0.2) is 25.5 Å². The van der Waals surface area contributed by atoms with Crippen molar-refractivity contribution in [2.45, 2.75) is 13.3 Å². The van der Waals surface area contributed by atoms with Gasteiger partial charge in [0, 0.05) is 6.07 Å². The van der Waals surface area contributed by atoms with E-state index in [0.29, 0.717) is 0 Å². The minimum absolute atomic E-state index is 0.0878. The van der Waals surface area contributed by atoms with Gasteiger partial charge < -0.3 is 14.2 Å². The van der Waals surface area contributed by atoms with E-state index in [1.807, 2.05) is 0 Å². The van der Waals surface area contributed by atoms with Crippen LogP contribution in [0.1, 0.15) is 6.92 Å². The molecule has 0 fully saturated rings. The first-order chi connectivity index (χ1) is 8.40. The van der Waals surface area contributed by atoms with Crippen LogP contribution in [0.5, 0.6) is 11.5 Å². The minimum atomic E-state index is -4.76. The molecule has 7 heteroatoms. The summed E-state index contributed by atoms with van der Waals surface area (Å²) in [6, 6.07) is 4.89. The van der Waals surface area contributed by atoms with E-state index in [1.165, 1.54) is 12.1 Å². The first-order valence-corrected chi connectivity index (χ1v) is 5.05. The fourth-order valence-electron chi connectivity index (χ4n) is 1.11. The molecule has 0 N–H and O–H groups in total. The van der Waals surface area contributed by atoms with E-state index in [9.17, 15) is 18.0 Å². The molecule has 1 rings (SSSR count). The number of carbonyl (C=O) groups is 1. The molecule has 0 unspecified atom stereocenters. The van der Waals surface area contributed by atoms with Crippen molar-refractivity contribution < 1.29 is 32.2 Å². The second-order valence-corrected chi connectivity index (χ2v) is 3.12. The monoisotopic (exact) mass is 264 g/mol. The number of halogens is 3. The summed E-state index contributed by atoms with van der Waals surface area (Å²) >= 11 is 0. The summed E-state index contributed by atoms with van der Waals surface area (Å²) in [7, 11) is 0. The van der Waals surface area contributed by atoms with E-state index in [-0.39, 0.29) is 19.0 Å². The molecule has 0 spiro atoms. The molecule has 0 aliphatic heterocycles. The Morgan fingerprint density at radius 3 is 2.56 bits per heavy atom. The molecule has 0 atom stereocenters. The predicted octanol–water partition coefficient (Wildman–Crippen LogP) is 2.53. The molecule has 0 aromatic heterocycles. The predicted molar refractivity (Wildman–Crippen MR) is 55.3 cm³/mol. The lowest BCUT2D eigenvalue weighted by molar-refractivity contribution is -0.274. The van der Waals surface area contributed by atoms with Gasteiger partial charge in [-0.3, -0.25) is 0 Å². The van der Waals surface area contributed by atoms with Crippen molar-refractivity contribution in [2.24, 2.45) is 0 Å². The van der Waals surface area contributed by atoms with E-state index in [2.05, 4.69) is 9.47 Å². The van der Waals surface area contributed by atoms with Gasteiger partial charge in [0.05, 0.1) is 6.61 Å². The molecular weight excluding hydrogens is 253 g/mol. The second-order valence-electron chi connectivity index (χ2n) is 3.12. The van der Waals surface area contributed by atoms with Gasteiger partial charge >= 0.3 is 12.3 Å². The third-order valence-electron chi connectivity index (χ3n) is 1.70. The van der Waals surface area contributed by atoms with E-state index in [1.54, 1.807) is 6.92 Å². The summed E-state index contributed by atoms with van der Waals surface area (Å²) in [4.78, 5) is 11.0. The molecular formula is C11H11F3O4. The smallest absolute Gasteiger partial charge is 0.482 e. The van der Waals surface area contributed by atoms with Crippen molar-refractivity contribution in [3.8, 4) is 11.5 Å². The molecule has 0 amide bonds. The fraction of sp³-hybridized carbons (Fsp3) is 0.364. The van der Waals surface area contributed by atoms with Crippen molar-refractivity contribution >= 4 is 5.97 Å². The molecule has 1 aromatic carbocycles. The topological polar surface area (TPSA) is 44.8 Å². The maximum absolute atomic E-state index is 12.0. The summed E-state index contributed by atoms with van der Waals surface area (Å²) in [6.07, 6.45) is -4.76. The molecule has 0 aliphatic rings. The lowest BCUT2D eigenvalue weighted by Crippen LogP contribution is -2.17. The zero-order chi connectivity index (χ0) is 13.6. The number of rotatable bonds is 5. The van der Waals surface area contributed by atoms with Gasteiger partial charge in [-0.25, -0.2) is 4.79 Å². The standard InChI is InChI=1S/C11H11F3O4/c1-2-16-10(15)7-17-8-4-3-5-9(6-8)18-11(12,13)14/h3-6H,2,7H2,1H3. The Balaban J connectivity index is 2.57. The molecule has 0 heterocycles. The second kappa shape index (κ2) is 6.13. The molecule has 0 saturated carbocycles. The van der Waals surface area contributed by atoms with Crippen LogP contribution in [-0.2, 0) is 9.53 Å². The number of alkyl halides is 3. The summed E-state index contributed by atoms with van der Waals surface area (Å²) < 4.78 is 49.1. The van der Waals surface area contributed by atoms with Crippen LogP contribution in [0.25, 0.3) is 0 Å². The third-order valence-corrected chi connectivity index (χ3v) is 1.70. The quantitative estimate of drug-likeness (QED) is 0.766. The average Bonchev–Trinajstić information content (AvgIpc) is 2.25. The first-order valence-electron chi connectivity index (χ1n) is 5.05. The lowest BCUT2D eigenvalue weighted by atomic mass is 10.3. The Morgan fingerprint density at radius 1 is 1.28 bits per heavy atom. The van der Waals surface area contributed by atoms with Crippen LogP contribution < -0.4 is 9.47 Å². The highest BCUT2D eigenvalue weighted by molar-refractivity contribution is 5.71. The molecule has 100 valence electrons. The molecule has 18 heavy (non-hydrogen) atoms. The van der Waals surface area contributed by atoms with Gasteiger partial charge in [-0.05, 0) is 19.1 Å². The number of benzene rings is 1. The van der Waals surface area contributed by atoms with Crippen LogP contribution in [0.15, 0.2) is 24.3 Å². The van der Waals surface area contributed by atoms with Crippen molar-refractivity contribution in [2.75, 3.05) is 13.2 Å². The molecule has 0 bridgehead atoms. The summed E-state index contributed by atoms with van der Waals surface area (Å²) in [5.74, 6) is -0.923. The highest BCUT2D eigenvalue weighted by Gasteiger charge is 2.31. The SMILES string of the molecule is CCOC(=O)COc1cccc(OC(F)(F)F)c1. The number of hydrogen-bond donors (Lipinski definition) is 0. The Hall–Kier alpha value is -1.92. The Kier molecular flexibility index (Phi) is 4.82. The fourth-order valence-corrected chi connectivity index (χ4v) is 1.11. The first kappa shape index (κ1) is 14.1. The molecule has 0 radical (unpaired) electrons. The van der Waals surface area contributed by atoms with Crippen molar-refractivity contribution in [3.05, 3.63) is 24.3 Å². The normalized spacial score (nSPS) is 10.9. The zero-order valence-corrected chi connectivity index (χ0v) is 9.49. The van der Waals surface area contributed by atoms with Crippen LogP contribution in [0.2, 0.25) is 0 Å². The van der Waals surface area contributed by atoms with Gasteiger partial charge in [-0.15, -0.1) is 13.2 Å². The van der Waals surface area contributed by atoms with Crippen LogP contribution >= 0.6 is 0 Å². The maximum atomic E-state index is 12.0. The minimum Gasteiger partial charge on any atom is -0.482 e. The van der Waals surface area contributed by atoms with E-state index in [0.717, 1.165) is 12.1 Å². The zero-order valence-electron chi connectivity index (χ0n) is 9.49. The van der Waals surface area contributed by atoms with Gasteiger partial charge in [-0.1, -0.05) is 6.07 Å². The van der Waals surface area contributed by atoms with Crippen LogP contribution in [0.4, 0.5) is 13.2 Å². The highest BCUT2D eigenvalue weighted by atomic mass is 19.4. The maximum Gasteiger partial charge on any atom is 0.573 e. The molecule has 4 nitrogen and oxygen atoms in total. The van der Waals surface area contributed by atoms with Gasteiger partial charge in [0.2, 0.25) is 0 Å². The highest BCUT2D eigenvalue weighted by Crippen LogP contribution is 2.25. The average molecular weight is 264 g/mol. The van der Waals surface area contributed by atoms with E-state index >= 15 is 0 Å². The number of carbonyl (C=O) groups excluding carboxylic acids is 1. The van der Waals surface area contributed by atoms with Crippen molar-refractivity contribution in [1.82, 2.24) is 0 Å². The molecule has 0 aliphatic carbocycles. The number of esters is 1. The third kappa shape index (κ3) is 5.42. The van der Waals surface area contributed by atoms with Crippen molar-refractivity contribution in [1.29, 1.82) is 0 Å². The Morgan fingerprint density at radius 2 is 1.94 bits per heavy atom. The van der Waals surface area contributed by atoms with E-state index in [4.69, 9.17) is 4.74 Å². The summed E-state index contributed by atoms with van der Waals surface area (Å²) in [5.41, 5.74) is 0. The Bertz CT molecular complexity index is 404. The number of hydrogen-bond acceptors (Lipinski definition) is 4. The number of ether oxygens (including phenoxy) is 3. The molecule has 1 aromatic rings. The largest absolute Gasteiger partial charge is 0.573 e. The Labute approximate surface area is 101 Å². The van der Waals surface area contributed by atoms with Gasteiger partial charge in [0.1, 0.15) is 11.5 Å². The molecule has 0 saturated heterocycles. The van der Waals surface area contributed by atoms with Gasteiger partial charge in [0.15, 0.2) is 6.61 Å². The van der Waals surface area contributed by atoms with Crippen molar-refractivity contribution in [3.63, 3.8) is 0 Å². The van der Waals surface area contributed by atoms with E-state index < -0.39 is 18.1 Å². The van der Waals surface area contributed by atoms with Gasteiger partial charge in [-0.2, -0.15) is 0 Å². The lowest BCUT2D eigenvalue weighted by Gasteiger charge is -2.10. The van der Waals surface area contributed by atoms with Gasteiger partial charge in [0.25, 0.3) is 0 Å². The van der Waals surface area contributed by atoms with Crippen LogP contribution in [0.3, 0.4) is 0 Å². The summed E-state index contributed by atoms with van der Waals surface area (Å²) in [5, 5.41) is 0. The summed E-state index contributed by atoms with van der Waals surface area (Å²) in [6.45, 7) is 1.47.